The number of benzene rings is 2. The molecule has 1 heterocycles. The van der Waals surface area contributed by atoms with Gasteiger partial charge >= 0.3 is 0 Å². The number of nitrogens with two attached hydrogens (primary N) is 1. The fourth-order valence-corrected chi connectivity index (χ4v) is 2.21. The molecule has 1 aromatic heterocycles. The Hall–Kier alpha value is -1.81. The van der Waals surface area contributed by atoms with Crippen molar-refractivity contribution in [3.63, 3.8) is 0 Å². The molecular weight excluding hydrogens is 278 g/mol. The zero-order valence-electron chi connectivity index (χ0n) is 8.97. The van der Waals surface area contributed by atoms with Gasteiger partial charge in [0.15, 0.2) is 0 Å². The van der Waals surface area contributed by atoms with E-state index in [2.05, 4.69) is 21.0 Å². The van der Waals surface area contributed by atoms with Crippen molar-refractivity contribution in [2.75, 3.05) is 5.73 Å². The van der Waals surface area contributed by atoms with Gasteiger partial charge in [0.1, 0.15) is 0 Å². The fraction of sp³-hybridized carbons (Fsp3) is 0. The van der Waals surface area contributed by atoms with Crippen LogP contribution in [0.3, 0.4) is 0 Å². The zero-order chi connectivity index (χ0) is 11.8. The van der Waals surface area contributed by atoms with E-state index in [4.69, 9.17) is 5.73 Å². The van der Waals surface area contributed by atoms with E-state index < -0.39 is 0 Å². The number of rotatable bonds is 1. The molecule has 0 bridgehead atoms. The highest BCUT2D eigenvalue weighted by Gasteiger charge is 2.07. The number of para-hydroxylation sites is 2. The highest BCUT2D eigenvalue weighted by Crippen LogP contribution is 2.24. The van der Waals surface area contributed by atoms with E-state index in [1.54, 1.807) is 0 Å². The van der Waals surface area contributed by atoms with Crippen LogP contribution in [0.5, 0.6) is 0 Å². The Balaban J connectivity index is 2.31. The molecule has 0 saturated heterocycles. The maximum absolute atomic E-state index is 5.97. The lowest BCUT2D eigenvalue weighted by Gasteiger charge is -2.06. The smallest absolute Gasteiger partial charge is 0.0882 e. The molecule has 0 aliphatic heterocycles. The van der Waals surface area contributed by atoms with Crippen LogP contribution in [0.2, 0.25) is 0 Å². The van der Waals surface area contributed by atoms with Crippen molar-refractivity contribution >= 4 is 32.5 Å². The second-order valence-electron chi connectivity index (χ2n) is 3.82. The highest BCUT2D eigenvalue weighted by atomic mass is 79.9. The summed E-state index contributed by atoms with van der Waals surface area (Å²) in [6.45, 7) is 0. The summed E-state index contributed by atoms with van der Waals surface area (Å²) in [7, 11) is 0. The van der Waals surface area contributed by atoms with Gasteiger partial charge in [0.2, 0.25) is 0 Å². The summed E-state index contributed by atoms with van der Waals surface area (Å²) in [6, 6.07) is 13.8. The molecule has 17 heavy (non-hydrogen) atoms. The van der Waals surface area contributed by atoms with Gasteiger partial charge in [-0.05, 0) is 24.3 Å². The molecule has 3 rings (SSSR count). The molecule has 2 aromatic carbocycles. The van der Waals surface area contributed by atoms with Crippen LogP contribution in [-0.2, 0) is 0 Å². The van der Waals surface area contributed by atoms with Crippen LogP contribution < -0.4 is 5.73 Å². The van der Waals surface area contributed by atoms with Gasteiger partial charge in [-0.2, -0.15) is 5.10 Å². The number of hydrogen-bond donors (Lipinski definition) is 1. The zero-order valence-corrected chi connectivity index (χ0v) is 10.6. The van der Waals surface area contributed by atoms with Crippen LogP contribution in [0.25, 0.3) is 16.6 Å². The quantitative estimate of drug-likeness (QED) is 0.698. The molecule has 0 unspecified atom stereocenters. The SMILES string of the molecule is Nc1ccccc1-n1ncc2ccc(Br)cc21. The van der Waals surface area contributed by atoms with Gasteiger partial charge in [0.05, 0.1) is 23.1 Å². The van der Waals surface area contributed by atoms with Crippen LogP contribution in [-0.4, -0.2) is 9.78 Å². The van der Waals surface area contributed by atoms with Gasteiger partial charge in [0.25, 0.3) is 0 Å². The second-order valence-corrected chi connectivity index (χ2v) is 4.73. The van der Waals surface area contributed by atoms with Crippen LogP contribution in [0, 0.1) is 0 Å². The largest absolute Gasteiger partial charge is 0.397 e. The van der Waals surface area contributed by atoms with E-state index in [1.807, 2.05) is 53.3 Å². The van der Waals surface area contributed by atoms with E-state index in [1.165, 1.54) is 0 Å². The van der Waals surface area contributed by atoms with Crippen molar-refractivity contribution < 1.29 is 0 Å². The molecule has 3 aromatic rings. The molecule has 0 aliphatic carbocycles. The highest BCUT2D eigenvalue weighted by molar-refractivity contribution is 9.10. The molecule has 3 nitrogen and oxygen atoms in total. The normalized spacial score (nSPS) is 10.9. The summed E-state index contributed by atoms with van der Waals surface area (Å²) < 4.78 is 2.89. The number of anilines is 1. The summed E-state index contributed by atoms with van der Waals surface area (Å²) in [6.07, 6.45) is 1.84. The van der Waals surface area contributed by atoms with Gasteiger partial charge in [-0.1, -0.05) is 34.1 Å². The summed E-state index contributed by atoms with van der Waals surface area (Å²) in [5.74, 6) is 0. The predicted octanol–water partition coefficient (Wildman–Crippen LogP) is 3.37. The van der Waals surface area contributed by atoms with Gasteiger partial charge in [-0.15, -0.1) is 0 Å². The minimum absolute atomic E-state index is 0.720. The average molecular weight is 288 g/mol. The van der Waals surface area contributed by atoms with E-state index in [-0.39, 0.29) is 0 Å². The van der Waals surface area contributed by atoms with E-state index in [0.29, 0.717) is 0 Å². The van der Waals surface area contributed by atoms with Crippen LogP contribution >= 0.6 is 15.9 Å². The van der Waals surface area contributed by atoms with Gasteiger partial charge in [-0.25, -0.2) is 4.68 Å². The van der Waals surface area contributed by atoms with E-state index in [9.17, 15) is 0 Å². The van der Waals surface area contributed by atoms with Crippen molar-refractivity contribution in [1.82, 2.24) is 9.78 Å². The molecule has 0 saturated carbocycles. The number of nitrogens with zero attached hydrogens (tertiary/aromatic N) is 2. The van der Waals surface area contributed by atoms with E-state index >= 15 is 0 Å². The lowest BCUT2D eigenvalue weighted by Crippen LogP contribution is -2.00. The third-order valence-corrected chi connectivity index (χ3v) is 3.19. The molecule has 0 fully saturated rings. The number of aromatic nitrogens is 2. The van der Waals surface area contributed by atoms with E-state index in [0.717, 1.165) is 26.8 Å². The number of fused-ring (bicyclic) bond motifs is 1. The van der Waals surface area contributed by atoms with Crippen molar-refractivity contribution in [2.45, 2.75) is 0 Å². The van der Waals surface area contributed by atoms with Gasteiger partial charge in [-0.3, -0.25) is 0 Å². The minimum Gasteiger partial charge on any atom is -0.397 e. The van der Waals surface area contributed by atoms with Crippen molar-refractivity contribution in [2.24, 2.45) is 0 Å². The first kappa shape index (κ1) is 10.4. The molecule has 84 valence electrons. The second kappa shape index (κ2) is 3.89. The summed E-state index contributed by atoms with van der Waals surface area (Å²) in [5.41, 5.74) is 8.63. The van der Waals surface area contributed by atoms with Crippen LogP contribution in [0.4, 0.5) is 5.69 Å². The molecular formula is C13H10BrN3. The Labute approximate surface area is 107 Å². The monoisotopic (exact) mass is 287 g/mol. The number of halogens is 1. The molecule has 2 N–H and O–H groups in total. The van der Waals surface area contributed by atoms with Gasteiger partial charge in [0, 0.05) is 9.86 Å². The summed E-state index contributed by atoms with van der Waals surface area (Å²) in [5, 5.41) is 5.48. The van der Waals surface area contributed by atoms with Crippen LogP contribution in [0.1, 0.15) is 0 Å². The summed E-state index contributed by atoms with van der Waals surface area (Å²) in [4.78, 5) is 0. The van der Waals surface area contributed by atoms with Gasteiger partial charge < -0.3 is 5.73 Å². The Morgan fingerprint density at radius 3 is 2.76 bits per heavy atom. The topological polar surface area (TPSA) is 43.8 Å². The Bertz CT molecular complexity index is 688. The van der Waals surface area contributed by atoms with Crippen molar-refractivity contribution in [1.29, 1.82) is 0 Å². The maximum Gasteiger partial charge on any atom is 0.0882 e. The third-order valence-electron chi connectivity index (χ3n) is 2.70. The lowest BCUT2D eigenvalue weighted by molar-refractivity contribution is 0.913. The van der Waals surface area contributed by atoms with Crippen molar-refractivity contribution in [3.05, 3.63) is 53.1 Å². The maximum atomic E-state index is 5.97. The number of nitrogen functional groups attached to an aromatic ring is 1. The molecule has 0 aliphatic rings. The average Bonchev–Trinajstić information content (AvgIpc) is 2.72. The Kier molecular flexibility index (Phi) is 2.37. The molecule has 0 atom stereocenters. The Morgan fingerprint density at radius 1 is 1.12 bits per heavy atom. The standard InChI is InChI=1S/C13H10BrN3/c14-10-6-5-9-8-16-17(13(9)7-10)12-4-2-1-3-11(12)15/h1-8H,15H2. The van der Waals surface area contributed by atoms with Crippen LogP contribution in [0.15, 0.2) is 53.1 Å². The predicted molar refractivity (Wildman–Crippen MR) is 73.2 cm³/mol. The third kappa shape index (κ3) is 1.70. The first-order valence-electron chi connectivity index (χ1n) is 5.24. The Morgan fingerprint density at radius 2 is 1.94 bits per heavy atom. The first-order valence-corrected chi connectivity index (χ1v) is 6.03. The molecule has 0 radical (unpaired) electrons. The molecule has 4 heteroatoms. The molecule has 0 amide bonds. The molecule has 0 spiro atoms. The first-order chi connectivity index (χ1) is 8.25. The summed E-state index contributed by atoms with van der Waals surface area (Å²) >= 11 is 3.47. The lowest BCUT2D eigenvalue weighted by atomic mass is 10.2. The fourth-order valence-electron chi connectivity index (χ4n) is 1.86. The number of hydrogen-bond acceptors (Lipinski definition) is 2. The minimum atomic E-state index is 0.720. The van der Waals surface area contributed by atoms with Crippen molar-refractivity contribution in [3.8, 4) is 5.69 Å².